The van der Waals surface area contributed by atoms with Crippen LogP contribution in [0.2, 0.25) is 0 Å². The molecule has 0 aliphatic rings. The SMILES string of the molecule is CC(NC(=O)C(C)n1cnc2ccccc21)c1cccc2ccccc12. The molecule has 0 saturated heterocycles. The number of fused-ring (bicyclic) bond motifs is 2. The van der Waals surface area contributed by atoms with Crippen LogP contribution < -0.4 is 5.32 Å². The van der Waals surface area contributed by atoms with Gasteiger partial charge in [0.15, 0.2) is 0 Å². The third kappa shape index (κ3) is 2.84. The predicted molar refractivity (Wildman–Crippen MR) is 105 cm³/mol. The van der Waals surface area contributed by atoms with E-state index in [4.69, 9.17) is 0 Å². The Balaban J connectivity index is 1.59. The topological polar surface area (TPSA) is 46.9 Å². The van der Waals surface area contributed by atoms with E-state index in [9.17, 15) is 4.79 Å². The molecule has 1 amide bonds. The number of hydrogen-bond acceptors (Lipinski definition) is 2. The number of hydrogen-bond donors (Lipinski definition) is 1. The van der Waals surface area contributed by atoms with Crippen LogP contribution in [-0.2, 0) is 4.79 Å². The van der Waals surface area contributed by atoms with Crippen LogP contribution in [0.1, 0.15) is 31.5 Å². The van der Waals surface area contributed by atoms with Crippen molar-refractivity contribution < 1.29 is 4.79 Å². The molecule has 0 saturated carbocycles. The molecule has 2 unspecified atom stereocenters. The van der Waals surface area contributed by atoms with Crippen molar-refractivity contribution in [3.8, 4) is 0 Å². The van der Waals surface area contributed by atoms with Crippen molar-refractivity contribution in [1.82, 2.24) is 14.9 Å². The van der Waals surface area contributed by atoms with Crippen LogP contribution >= 0.6 is 0 Å². The Bertz CT molecular complexity index is 1080. The van der Waals surface area contributed by atoms with Gasteiger partial charge in [-0.25, -0.2) is 4.98 Å². The summed E-state index contributed by atoms with van der Waals surface area (Å²) in [7, 11) is 0. The van der Waals surface area contributed by atoms with E-state index in [1.165, 1.54) is 10.8 Å². The van der Waals surface area contributed by atoms with Gasteiger partial charge >= 0.3 is 0 Å². The van der Waals surface area contributed by atoms with E-state index in [1.807, 2.05) is 60.9 Å². The predicted octanol–water partition coefficient (Wildman–Crippen LogP) is 4.63. The fraction of sp³-hybridized carbons (Fsp3) is 0.182. The molecule has 26 heavy (non-hydrogen) atoms. The molecule has 0 aliphatic heterocycles. The van der Waals surface area contributed by atoms with Crippen molar-refractivity contribution in [2.45, 2.75) is 25.9 Å². The molecule has 0 radical (unpaired) electrons. The second kappa shape index (κ2) is 6.64. The van der Waals surface area contributed by atoms with Gasteiger partial charge in [0, 0.05) is 0 Å². The van der Waals surface area contributed by atoms with Gasteiger partial charge in [0.25, 0.3) is 0 Å². The van der Waals surface area contributed by atoms with Crippen LogP contribution in [0.25, 0.3) is 21.8 Å². The summed E-state index contributed by atoms with van der Waals surface area (Å²) >= 11 is 0. The van der Waals surface area contributed by atoms with Crippen LogP contribution in [-0.4, -0.2) is 15.5 Å². The van der Waals surface area contributed by atoms with Crippen molar-refractivity contribution in [3.63, 3.8) is 0 Å². The summed E-state index contributed by atoms with van der Waals surface area (Å²) in [6, 6.07) is 21.9. The average molecular weight is 343 g/mol. The highest BCUT2D eigenvalue weighted by Crippen LogP contribution is 2.25. The number of rotatable bonds is 4. The normalized spacial score (nSPS) is 13.6. The van der Waals surface area contributed by atoms with Crippen LogP contribution in [0.4, 0.5) is 0 Å². The molecule has 1 N–H and O–H groups in total. The second-order valence-electron chi connectivity index (χ2n) is 6.62. The summed E-state index contributed by atoms with van der Waals surface area (Å²) in [5.41, 5.74) is 2.99. The van der Waals surface area contributed by atoms with Gasteiger partial charge in [-0.15, -0.1) is 0 Å². The average Bonchev–Trinajstić information content (AvgIpc) is 3.11. The molecular weight excluding hydrogens is 322 g/mol. The lowest BCUT2D eigenvalue weighted by molar-refractivity contribution is -0.124. The number of aromatic nitrogens is 2. The van der Waals surface area contributed by atoms with Crippen molar-refractivity contribution >= 4 is 27.7 Å². The lowest BCUT2D eigenvalue weighted by atomic mass is 9.99. The number of amides is 1. The number of para-hydroxylation sites is 2. The van der Waals surface area contributed by atoms with Gasteiger partial charge in [-0.1, -0.05) is 54.6 Å². The summed E-state index contributed by atoms with van der Waals surface area (Å²) in [6.45, 7) is 3.93. The van der Waals surface area contributed by atoms with E-state index >= 15 is 0 Å². The van der Waals surface area contributed by atoms with Gasteiger partial charge in [-0.3, -0.25) is 4.79 Å². The van der Waals surface area contributed by atoms with E-state index in [0.29, 0.717) is 0 Å². The van der Waals surface area contributed by atoms with Gasteiger partial charge in [0.2, 0.25) is 5.91 Å². The summed E-state index contributed by atoms with van der Waals surface area (Å²) < 4.78 is 1.92. The molecule has 4 heteroatoms. The molecule has 0 fully saturated rings. The van der Waals surface area contributed by atoms with Crippen molar-refractivity contribution in [2.75, 3.05) is 0 Å². The lowest BCUT2D eigenvalue weighted by Crippen LogP contribution is -2.32. The van der Waals surface area contributed by atoms with Gasteiger partial charge in [-0.05, 0) is 42.3 Å². The fourth-order valence-electron chi connectivity index (χ4n) is 3.45. The number of carbonyl (C=O) groups is 1. The molecule has 1 aromatic heterocycles. The Morgan fingerprint density at radius 1 is 0.962 bits per heavy atom. The molecule has 130 valence electrons. The summed E-state index contributed by atoms with van der Waals surface area (Å²) in [6.07, 6.45) is 1.73. The molecule has 3 aromatic carbocycles. The molecule has 4 rings (SSSR count). The first-order valence-corrected chi connectivity index (χ1v) is 8.85. The second-order valence-corrected chi connectivity index (χ2v) is 6.62. The molecule has 4 aromatic rings. The highest BCUT2D eigenvalue weighted by Gasteiger charge is 2.20. The Morgan fingerprint density at radius 3 is 2.58 bits per heavy atom. The lowest BCUT2D eigenvalue weighted by Gasteiger charge is -2.20. The first-order valence-electron chi connectivity index (χ1n) is 8.85. The smallest absolute Gasteiger partial charge is 0.243 e. The molecule has 0 bridgehead atoms. The van der Waals surface area contributed by atoms with E-state index in [-0.39, 0.29) is 18.0 Å². The van der Waals surface area contributed by atoms with E-state index in [0.717, 1.165) is 16.6 Å². The fourth-order valence-corrected chi connectivity index (χ4v) is 3.45. The zero-order chi connectivity index (χ0) is 18.1. The van der Waals surface area contributed by atoms with Gasteiger partial charge in [-0.2, -0.15) is 0 Å². The van der Waals surface area contributed by atoms with Gasteiger partial charge < -0.3 is 9.88 Å². The highest BCUT2D eigenvalue weighted by molar-refractivity contribution is 5.88. The first kappa shape index (κ1) is 16.3. The van der Waals surface area contributed by atoms with E-state index in [2.05, 4.69) is 34.6 Å². The van der Waals surface area contributed by atoms with Crippen LogP contribution in [0.15, 0.2) is 73.1 Å². The molecule has 0 aliphatic carbocycles. The summed E-state index contributed by atoms with van der Waals surface area (Å²) in [5.74, 6) is -0.0198. The number of benzene rings is 3. The van der Waals surface area contributed by atoms with Crippen molar-refractivity contribution in [2.24, 2.45) is 0 Å². The number of carbonyl (C=O) groups excluding carboxylic acids is 1. The number of imidazole rings is 1. The Hall–Kier alpha value is -3.14. The van der Waals surface area contributed by atoms with E-state index in [1.54, 1.807) is 6.33 Å². The van der Waals surface area contributed by atoms with Crippen LogP contribution in [0.5, 0.6) is 0 Å². The quantitative estimate of drug-likeness (QED) is 0.587. The monoisotopic (exact) mass is 343 g/mol. The van der Waals surface area contributed by atoms with Crippen molar-refractivity contribution in [1.29, 1.82) is 0 Å². The zero-order valence-electron chi connectivity index (χ0n) is 14.9. The van der Waals surface area contributed by atoms with Gasteiger partial charge in [0.1, 0.15) is 6.04 Å². The third-order valence-corrected chi connectivity index (χ3v) is 4.93. The number of nitrogens with zero attached hydrogens (tertiary/aromatic N) is 2. The third-order valence-electron chi connectivity index (χ3n) is 4.93. The number of nitrogens with one attached hydrogen (secondary N) is 1. The largest absolute Gasteiger partial charge is 0.348 e. The summed E-state index contributed by atoms with van der Waals surface area (Å²) in [4.78, 5) is 17.2. The van der Waals surface area contributed by atoms with Crippen LogP contribution in [0, 0.1) is 0 Å². The highest BCUT2D eigenvalue weighted by atomic mass is 16.2. The molecule has 0 spiro atoms. The maximum atomic E-state index is 12.8. The minimum absolute atomic E-state index is 0.0198. The van der Waals surface area contributed by atoms with Crippen LogP contribution in [0.3, 0.4) is 0 Å². The summed E-state index contributed by atoms with van der Waals surface area (Å²) in [5, 5.41) is 5.50. The minimum Gasteiger partial charge on any atom is -0.348 e. The molecule has 2 atom stereocenters. The Morgan fingerprint density at radius 2 is 1.69 bits per heavy atom. The Kier molecular flexibility index (Phi) is 4.17. The molecule has 1 heterocycles. The molecular formula is C22H21N3O. The van der Waals surface area contributed by atoms with Crippen molar-refractivity contribution in [3.05, 3.63) is 78.6 Å². The maximum absolute atomic E-state index is 12.8. The minimum atomic E-state index is -0.333. The van der Waals surface area contributed by atoms with E-state index < -0.39 is 0 Å². The van der Waals surface area contributed by atoms with Gasteiger partial charge in [0.05, 0.1) is 23.4 Å². The maximum Gasteiger partial charge on any atom is 0.243 e. The standard InChI is InChI=1S/C22H21N3O/c1-15(18-11-7-9-17-8-3-4-10-19(17)18)24-22(26)16(2)25-14-23-20-12-5-6-13-21(20)25/h3-16H,1-2H3,(H,24,26). The zero-order valence-corrected chi connectivity index (χ0v) is 14.9. The molecule has 4 nitrogen and oxygen atoms in total. The Labute approximate surface area is 152 Å². The first-order chi connectivity index (χ1) is 12.6.